The molecule has 0 unspecified atom stereocenters. The Hall–Kier alpha value is -4.62. The zero-order valence-corrected chi connectivity index (χ0v) is 19.4. The zero-order chi connectivity index (χ0) is 24.3. The van der Waals surface area contributed by atoms with E-state index >= 15 is 0 Å². The van der Waals surface area contributed by atoms with Crippen LogP contribution in [0.15, 0.2) is 90.5 Å². The summed E-state index contributed by atoms with van der Waals surface area (Å²) in [4.78, 5) is 11.2. The molecule has 0 saturated heterocycles. The number of para-hydroxylation sites is 1. The average molecular weight is 455 g/mol. The molecule has 0 bridgehead atoms. The number of nitriles is 1. The number of carboxylic acid groups (broad SMARTS) is 1. The fraction of sp³-hybridized carbons (Fsp3) is 0.0968. The van der Waals surface area contributed by atoms with Gasteiger partial charge in [-0.05, 0) is 64.2 Å². The minimum atomic E-state index is -1.23. The summed E-state index contributed by atoms with van der Waals surface area (Å²) in [7, 11) is 0. The molecule has 4 nitrogen and oxygen atoms in total. The highest BCUT2D eigenvalue weighted by molar-refractivity contribution is 6.11. The van der Waals surface area contributed by atoms with E-state index in [0.29, 0.717) is 5.56 Å². The lowest BCUT2D eigenvalue weighted by atomic mass is 9.82. The summed E-state index contributed by atoms with van der Waals surface area (Å²) >= 11 is 0. The van der Waals surface area contributed by atoms with Crippen molar-refractivity contribution in [3.8, 4) is 22.9 Å². The summed E-state index contributed by atoms with van der Waals surface area (Å²) in [6.07, 6.45) is 1.39. The average Bonchev–Trinajstić information content (AvgIpc) is 3.31. The summed E-state index contributed by atoms with van der Waals surface area (Å²) in [5.74, 6) is -1.23. The molecule has 0 aliphatic heterocycles. The van der Waals surface area contributed by atoms with Crippen LogP contribution in [0.4, 0.5) is 0 Å². The first kappa shape index (κ1) is 20.9. The summed E-state index contributed by atoms with van der Waals surface area (Å²) in [5, 5.41) is 20.6. The number of nitrogens with zero attached hydrogens (tertiary/aromatic N) is 2. The second kappa shape index (κ2) is 7.44. The predicted octanol–water partition coefficient (Wildman–Crippen LogP) is 7.08. The van der Waals surface area contributed by atoms with E-state index in [2.05, 4.69) is 73.0 Å². The molecule has 1 aromatic heterocycles. The topological polar surface area (TPSA) is 66.0 Å². The van der Waals surface area contributed by atoms with Gasteiger partial charge >= 0.3 is 5.97 Å². The van der Waals surface area contributed by atoms with Gasteiger partial charge in [-0.25, -0.2) is 4.79 Å². The molecule has 4 heteroatoms. The second-order valence-electron chi connectivity index (χ2n) is 9.50. The van der Waals surface area contributed by atoms with Crippen LogP contribution < -0.4 is 0 Å². The van der Waals surface area contributed by atoms with E-state index in [9.17, 15) is 4.79 Å². The van der Waals surface area contributed by atoms with Crippen molar-refractivity contribution in [3.05, 3.63) is 107 Å². The number of fused-ring (bicyclic) bond motifs is 6. The predicted molar refractivity (Wildman–Crippen MR) is 140 cm³/mol. The van der Waals surface area contributed by atoms with Gasteiger partial charge in [-0.2, -0.15) is 5.26 Å². The van der Waals surface area contributed by atoms with Crippen molar-refractivity contribution >= 4 is 33.9 Å². The molecule has 1 N–H and O–H groups in total. The Labute approximate surface area is 203 Å². The Kier molecular flexibility index (Phi) is 4.46. The first-order chi connectivity index (χ1) is 16.9. The summed E-state index contributed by atoms with van der Waals surface area (Å²) in [6.45, 7) is 4.57. The van der Waals surface area contributed by atoms with Crippen molar-refractivity contribution in [2.75, 3.05) is 0 Å². The van der Waals surface area contributed by atoms with Crippen molar-refractivity contribution in [3.63, 3.8) is 0 Å². The molecular formula is C31H22N2O2. The van der Waals surface area contributed by atoms with Gasteiger partial charge in [0, 0.05) is 21.9 Å². The van der Waals surface area contributed by atoms with Gasteiger partial charge in [0.05, 0.1) is 11.0 Å². The van der Waals surface area contributed by atoms with Crippen LogP contribution in [-0.4, -0.2) is 15.6 Å². The molecule has 1 heterocycles. The lowest BCUT2D eigenvalue weighted by Gasteiger charge is -2.21. The molecule has 0 amide bonds. The van der Waals surface area contributed by atoms with Crippen LogP contribution in [0.3, 0.4) is 0 Å². The Morgan fingerprint density at radius 1 is 0.857 bits per heavy atom. The van der Waals surface area contributed by atoms with E-state index < -0.39 is 5.97 Å². The lowest BCUT2D eigenvalue weighted by Crippen LogP contribution is -2.14. The normalized spacial score (nSPS) is 14.0. The molecule has 0 saturated carbocycles. The van der Waals surface area contributed by atoms with Gasteiger partial charge in [0.2, 0.25) is 0 Å². The molecular weight excluding hydrogens is 432 g/mol. The quantitative estimate of drug-likeness (QED) is 0.234. The van der Waals surface area contributed by atoms with Gasteiger partial charge in [0.1, 0.15) is 11.6 Å². The van der Waals surface area contributed by atoms with Crippen LogP contribution in [-0.2, 0) is 10.2 Å². The molecule has 4 aromatic carbocycles. The van der Waals surface area contributed by atoms with Gasteiger partial charge in [-0.1, -0.05) is 68.4 Å². The first-order valence-electron chi connectivity index (χ1n) is 11.5. The number of hydrogen-bond acceptors (Lipinski definition) is 2. The molecule has 0 atom stereocenters. The van der Waals surface area contributed by atoms with Crippen LogP contribution in [0.2, 0.25) is 0 Å². The maximum absolute atomic E-state index is 11.2. The van der Waals surface area contributed by atoms with E-state index in [4.69, 9.17) is 10.4 Å². The van der Waals surface area contributed by atoms with Crippen LogP contribution in [0.25, 0.3) is 44.7 Å². The number of rotatable bonds is 3. The van der Waals surface area contributed by atoms with Crippen molar-refractivity contribution in [1.29, 1.82) is 5.26 Å². The minimum Gasteiger partial charge on any atom is -0.477 e. The van der Waals surface area contributed by atoms with Gasteiger partial charge in [-0.15, -0.1) is 0 Å². The van der Waals surface area contributed by atoms with Crippen LogP contribution >= 0.6 is 0 Å². The molecule has 168 valence electrons. The molecule has 35 heavy (non-hydrogen) atoms. The summed E-state index contributed by atoms with van der Waals surface area (Å²) in [5.41, 5.74) is 8.78. The third kappa shape index (κ3) is 3.02. The monoisotopic (exact) mass is 454 g/mol. The Bertz CT molecular complexity index is 1750. The molecule has 1 aliphatic carbocycles. The standard InChI is InChI=1S/C31H22N2O2/c1-31(2)26-9-5-3-7-22(26)24-16-25-23-8-4-6-10-28(23)33(29(25)17-27(24)31)21-13-11-19(12-14-21)15-20(18-32)30(34)35/h3-17H,1-2H3,(H,34,35). The van der Waals surface area contributed by atoms with E-state index in [1.807, 2.05) is 30.3 Å². The van der Waals surface area contributed by atoms with Gasteiger partial charge in [0.15, 0.2) is 0 Å². The highest BCUT2D eigenvalue weighted by Crippen LogP contribution is 2.50. The fourth-order valence-electron chi connectivity index (χ4n) is 5.47. The maximum Gasteiger partial charge on any atom is 0.346 e. The Balaban J connectivity index is 1.60. The zero-order valence-electron chi connectivity index (χ0n) is 19.4. The van der Waals surface area contributed by atoms with Crippen molar-refractivity contribution in [1.82, 2.24) is 4.57 Å². The van der Waals surface area contributed by atoms with Gasteiger partial charge < -0.3 is 9.67 Å². The number of aliphatic carboxylic acids is 1. The Morgan fingerprint density at radius 2 is 1.57 bits per heavy atom. The van der Waals surface area contributed by atoms with Crippen molar-refractivity contribution in [2.45, 2.75) is 19.3 Å². The Morgan fingerprint density at radius 3 is 2.31 bits per heavy atom. The minimum absolute atomic E-state index is 0.0966. The SMILES string of the molecule is CC1(C)c2ccccc2-c2cc3c4ccccc4n(-c4ccc(C=C(C#N)C(=O)O)cc4)c3cc21. The smallest absolute Gasteiger partial charge is 0.346 e. The van der Waals surface area contributed by atoms with Gasteiger partial charge in [-0.3, -0.25) is 0 Å². The fourth-order valence-corrected chi connectivity index (χ4v) is 5.47. The van der Waals surface area contributed by atoms with Crippen molar-refractivity contribution in [2.24, 2.45) is 0 Å². The number of benzene rings is 4. The van der Waals surface area contributed by atoms with Crippen LogP contribution in [0.5, 0.6) is 0 Å². The second-order valence-corrected chi connectivity index (χ2v) is 9.50. The van der Waals surface area contributed by atoms with E-state index in [0.717, 1.165) is 16.7 Å². The van der Waals surface area contributed by atoms with Gasteiger partial charge in [0.25, 0.3) is 0 Å². The maximum atomic E-state index is 11.2. The van der Waals surface area contributed by atoms with Crippen molar-refractivity contribution < 1.29 is 9.90 Å². The highest BCUT2D eigenvalue weighted by Gasteiger charge is 2.36. The summed E-state index contributed by atoms with van der Waals surface area (Å²) < 4.78 is 2.26. The molecule has 1 aliphatic rings. The number of hydrogen-bond donors (Lipinski definition) is 1. The van der Waals surface area contributed by atoms with E-state index in [1.165, 1.54) is 39.1 Å². The molecule has 6 rings (SSSR count). The van der Waals surface area contributed by atoms with E-state index in [1.54, 1.807) is 6.07 Å². The number of aromatic nitrogens is 1. The lowest BCUT2D eigenvalue weighted by molar-refractivity contribution is -0.132. The van der Waals surface area contributed by atoms with Crippen LogP contribution in [0.1, 0.15) is 30.5 Å². The molecule has 0 fully saturated rings. The molecule has 0 spiro atoms. The summed E-state index contributed by atoms with van der Waals surface area (Å²) in [6, 6.07) is 31.1. The number of carboxylic acids is 1. The molecule has 5 aromatic rings. The van der Waals surface area contributed by atoms with E-state index in [-0.39, 0.29) is 11.0 Å². The van der Waals surface area contributed by atoms with Crippen LogP contribution in [0, 0.1) is 11.3 Å². The third-order valence-corrected chi connectivity index (χ3v) is 7.19. The number of carbonyl (C=O) groups is 1. The largest absolute Gasteiger partial charge is 0.477 e. The molecule has 0 radical (unpaired) electrons. The first-order valence-corrected chi connectivity index (χ1v) is 11.5. The highest BCUT2D eigenvalue weighted by atomic mass is 16.4. The third-order valence-electron chi connectivity index (χ3n) is 7.19.